The maximum atomic E-state index is 10.6. The van der Waals surface area contributed by atoms with Crippen LogP contribution in [0.3, 0.4) is 0 Å². The van der Waals surface area contributed by atoms with Crippen molar-refractivity contribution in [3.05, 3.63) is 94.7 Å². The first kappa shape index (κ1) is 26.8. The van der Waals surface area contributed by atoms with Gasteiger partial charge in [0.1, 0.15) is 6.29 Å². The number of aldehydes is 1. The van der Waals surface area contributed by atoms with Crippen molar-refractivity contribution in [2.75, 3.05) is 0 Å². The second kappa shape index (κ2) is 11.6. The van der Waals surface area contributed by atoms with Gasteiger partial charge >= 0.3 is 0 Å². The van der Waals surface area contributed by atoms with Gasteiger partial charge in [-0.15, -0.1) is 0 Å². The van der Waals surface area contributed by atoms with Crippen molar-refractivity contribution in [2.45, 2.75) is 79.1 Å². The summed E-state index contributed by atoms with van der Waals surface area (Å²) in [6, 6.07) is 0. The second-order valence-electron chi connectivity index (χ2n) is 10.2. The number of hydrogen-bond donors (Lipinski definition) is 1. The standard InChI is InChI=1S/C30H40O3/c1-22(14-10-16-24(3)21-31)12-8-9-13-23(2)15-11-17-25(4)27-18-28-29(5,6)19-26(32)20-30(28,7)33-27/h8-18,21,26-27,32H,19-20H2,1-7H3/b9-8+,14-10+,15-11+,22-12+,23-13+,24-16+,25-17+/t26-,27-,30-/m1/s1. The molecule has 1 aliphatic carbocycles. The van der Waals surface area contributed by atoms with E-state index in [2.05, 4.69) is 65.0 Å². The van der Waals surface area contributed by atoms with Crippen LogP contribution in [0.4, 0.5) is 0 Å². The van der Waals surface area contributed by atoms with Crippen LogP contribution in [0.1, 0.15) is 61.3 Å². The van der Waals surface area contributed by atoms with E-state index in [4.69, 9.17) is 4.74 Å². The van der Waals surface area contributed by atoms with E-state index >= 15 is 0 Å². The fourth-order valence-electron chi connectivity index (χ4n) is 4.61. The zero-order valence-corrected chi connectivity index (χ0v) is 21.3. The summed E-state index contributed by atoms with van der Waals surface area (Å²) in [6.45, 7) is 14.5. The third kappa shape index (κ3) is 7.80. The minimum Gasteiger partial charge on any atom is -0.393 e. The molecule has 0 aromatic rings. The number of carbonyl (C=O) groups excluding carboxylic acids is 1. The molecule has 33 heavy (non-hydrogen) atoms. The number of allylic oxidation sites excluding steroid dienone is 13. The predicted octanol–water partition coefficient (Wildman–Crippen LogP) is 6.90. The molecule has 3 atom stereocenters. The molecule has 1 N–H and O–H groups in total. The first-order chi connectivity index (χ1) is 15.5. The Bertz CT molecular complexity index is 963. The first-order valence-corrected chi connectivity index (χ1v) is 11.7. The number of fused-ring (bicyclic) bond motifs is 1. The van der Waals surface area contributed by atoms with Crippen LogP contribution in [-0.2, 0) is 9.53 Å². The molecule has 1 heterocycles. The van der Waals surface area contributed by atoms with E-state index < -0.39 is 0 Å². The van der Waals surface area contributed by atoms with Gasteiger partial charge in [-0.2, -0.15) is 0 Å². The summed E-state index contributed by atoms with van der Waals surface area (Å²) in [5.41, 5.74) is 5.01. The first-order valence-electron chi connectivity index (χ1n) is 11.7. The molecule has 0 saturated heterocycles. The Morgan fingerprint density at radius 1 is 0.879 bits per heavy atom. The van der Waals surface area contributed by atoms with Crippen molar-refractivity contribution in [3.8, 4) is 0 Å². The summed E-state index contributed by atoms with van der Waals surface area (Å²) in [7, 11) is 0. The van der Waals surface area contributed by atoms with Crippen molar-refractivity contribution in [2.24, 2.45) is 5.41 Å². The van der Waals surface area contributed by atoms with Gasteiger partial charge in [0.25, 0.3) is 0 Å². The summed E-state index contributed by atoms with van der Waals surface area (Å²) < 4.78 is 6.41. The minimum absolute atomic E-state index is 0.0449. The van der Waals surface area contributed by atoms with Crippen LogP contribution in [-0.4, -0.2) is 29.2 Å². The number of ether oxygens (including phenoxy) is 1. The van der Waals surface area contributed by atoms with E-state index in [1.807, 2.05) is 37.3 Å². The Morgan fingerprint density at radius 3 is 2.00 bits per heavy atom. The van der Waals surface area contributed by atoms with Crippen molar-refractivity contribution in [1.82, 2.24) is 0 Å². The fraction of sp³-hybridized carbons (Fsp3) is 0.433. The molecule has 0 unspecified atom stereocenters. The van der Waals surface area contributed by atoms with Crippen LogP contribution in [0.5, 0.6) is 0 Å². The number of hydrogen-bond acceptors (Lipinski definition) is 3. The minimum atomic E-state index is -0.379. The molecule has 1 saturated carbocycles. The Hall–Kier alpha value is -2.49. The van der Waals surface area contributed by atoms with Gasteiger partial charge in [0.05, 0.1) is 17.8 Å². The van der Waals surface area contributed by atoms with E-state index in [-0.39, 0.29) is 23.2 Å². The Morgan fingerprint density at radius 2 is 1.42 bits per heavy atom. The van der Waals surface area contributed by atoms with Crippen LogP contribution in [0.2, 0.25) is 0 Å². The zero-order valence-electron chi connectivity index (χ0n) is 21.3. The molecule has 178 valence electrons. The third-order valence-electron chi connectivity index (χ3n) is 6.28. The molecular formula is C30H40O3. The Labute approximate surface area is 200 Å². The summed E-state index contributed by atoms with van der Waals surface area (Å²) >= 11 is 0. The average Bonchev–Trinajstić information content (AvgIpc) is 3.08. The average molecular weight is 449 g/mol. The third-order valence-corrected chi connectivity index (χ3v) is 6.28. The van der Waals surface area contributed by atoms with E-state index in [1.54, 1.807) is 13.0 Å². The van der Waals surface area contributed by atoms with Crippen LogP contribution < -0.4 is 0 Å². The van der Waals surface area contributed by atoms with Gasteiger partial charge in [-0.25, -0.2) is 0 Å². The molecule has 0 spiro atoms. The lowest BCUT2D eigenvalue weighted by molar-refractivity contribution is -0.104. The predicted molar refractivity (Wildman–Crippen MR) is 139 cm³/mol. The van der Waals surface area contributed by atoms with Gasteiger partial charge in [-0.1, -0.05) is 85.8 Å². The molecule has 3 heteroatoms. The van der Waals surface area contributed by atoms with Gasteiger partial charge < -0.3 is 9.84 Å². The lowest BCUT2D eigenvalue weighted by atomic mass is 9.65. The smallest absolute Gasteiger partial charge is 0.145 e. The largest absolute Gasteiger partial charge is 0.393 e. The quantitative estimate of drug-likeness (QED) is 0.190. The highest BCUT2D eigenvalue weighted by Gasteiger charge is 2.50. The van der Waals surface area contributed by atoms with Crippen LogP contribution in [0.25, 0.3) is 0 Å². The van der Waals surface area contributed by atoms with E-state index in [1.165, 1.54) is 5.57 Å². The summed E-state index contributed by atoms with van der Waals surface area (Å²) in [4.78, 5) is 10.6. The molecule has 3 nitrogen and oxygen atoms in total. The highest BCUT2D eigenvalue weighted by molar-refractivity contribution is 5.72. The van der Waals surface area contributed by atoms with E-state index in [0.717, 1.165) is 29.4 Å². The van der Waals surface area contributed by atoms with E-state index in [0.29, 0.717) is 12.0 Å². The monoisotopic (exact) mass is 448 g/mol. The summed E-state index contributed by atoms with van der Waals surface area (Å²) in [5.74, 6) is 0. The van der Waals surface area contributed by atoms with Crippen molar-refractivity contribution in [3.63, 3.8) is 0 Å². The van der Waals surface area contributed by atoms with Gasteiger partial charge in [0, 0.05) is 6.42 Å². The molecule has 0 bridgehead atoms. The van der Waals surface area contributed by atoms with Crippen LogP contribution >= 0.6 is 0 Å². The molecular weight excluding hydrogens is 408 g/mol. The van der Waals surface area contributed by atoms with Crippen LogP contribution in [0.15, 0.2) is 94.7 Å². The number of rotatable bonds is 8. The molecule has 1 aliphatic heterocycles. The normalized spacial score (nSPS) is 29.3. The second-order valence-corrected chi connectivity index (χ2v) is 10.2. The molecule has 2 rings (SSSR count). The highest BCUT2D eigenvalue weighted by Crippen LogP contribution is 2.51. The van der Waals surface area contributed by atoms with E-state index in [9.17, 15) is 9.90 Å². The molecule has 0 aromatic heterocycles. The SMILES string of the molecule is C\C(C=O)=C/C=C/C(C)=C/C=C/C=C(C)/C=C/C=C(\C)[C@H]1C=C2C(C)(C)C[C@@H](O)C[C@@]2(C)O1. The van der Waals surface area contributed by atoms with Crippen LogP contribution in [0, 0.1) is 5.41 Å². The molecule has 0 aromatic carbocycles. The van der Waals surface area contributed by atoms with Crippen molar-refractivity contribution < 1.29 is 14.6 Å². The molecule has 0 amide bonds. The lowest BCUT2D eigenvalue weighted by Gasteiger charge is -2.44. The van der Waals surface area contributed by atoms with Gasteiger partial charge in [0.2, 0.25) is 0 Å². The maximum absolute atomic E-state index is 10.6. The molecule has 0 radical (unpaired) electrons. The Balaban J connectivity index is 1.97. The van der Waals surface area contributed by atoms with Gasteiger partial charge in [-0.05, 0) is 69.2 Å². The molecule has 1 fully saturated rings. The number of carbonyl (C=O) groups is 1. The zero-order chi connectivity index (χ0) is 24.6. The van der Waals surface area contributed by atoms with Crippen molar-refractivity contribution >= 4 is 6.29 Å². The Kier molecular flexibility index (Phi) is 9.39. The topological polar surface area (TPSA) is 46.5 Å². The lowest BCUT2D eigenvalue weighted by Crippen LogP contribution is -2.45. The number of aliphatic hydroxyl groups is 1. The van der Waals surface area contributed by atoms with Crippen molar-refractivity contribution in [1.29, 1.82) is 0 Å². The maximum Gasteiger partial charge on any atom is 0.145 e. The fourth-order valence-corrected chi connectivity index (χ4v) is 4.61. The summed E-state index contributed by atoms with van der Waals surface area (Å²) in [6.07, 6.45) is 24.2. The molecule has 2 aliphatic rings. The van der Waals surface area contributed by atoms with Gasteiger partial charge in [0.15, 0.2) is 0 Å². The highest BCUT2D eigenvalue weighted by atomic mass is 16.5. The number of aliphatic hydroxyl groups excluding tert-OH is 1. The van der Waals surface area contributed by atoms with Gasteiger partial charge in [-0.3, -0.25) is 4.79 Å². The summed E-state index contributed by atoms with van der Waals surface area (Å²) in [5, 5.41) is 10.3.